The lowest BCUT2D eigenvalue weighted by Crippen LogP contribution is -2.46. The van der Waals surface area contributed by atoms with E-state index < -0.39 is 6.10 Å². The van der Waals surface area contributed by atoms with Gasteiger partial charge in [-0.1, -0.05) is 12.1 Å². The monoisotopic (exact) mass is 263 g/mol. The summed E-state index contributed by atoms with van der Waals surface area (Å²) in [5, 5.41) is 10.3. The first-order valence-electron chi connectivity index (χ1n) is 6.98. The number of aliphatic hydroxyl groups excluding tert-OH is 1. The lowest BCUT2D eigenvalue weighted by molar-refractivity contribution is 0.0742. The number of rotatable bonds is 4. The summed E-state index contributed by atoms with van der Waals surface area (Å²) in [6.45, 7) is 2.92. The van der Waals surface area contributed by atoms with Crippen LogP contribution in [0.5, 0.6) is 0 Å². The number of nitrogens with two attached hydrogens (primary N) is 1. The van der Waals surface area contributed by atoms with Crippen molar-refractivity contribution < 1.29 is 5.11 Å². The number of nitrogen functional groups attached to an aromatic ring is 1. The number of nitrogens with zero attached hydrogens (tertiary/aromatic N) is 2. The van der Waals surface area contributed by atoms with Crippen molar-refractivity contribution in [1.29, 1.82) is 0 Å². The van der Waals surface area contributed by atoms with Crippen LogP contribution < -0.4 is 5.73 Å². The van der Waals surface area contributed by atoms with Crippen molar-refractivity contribution in [2.24, 2.45) is 0 Å². The Labute approximate surface area is 115 Å². The Morgan fingerprint density at radius 3 is 3.00 bits per heavy atom. The minimum absolute atomic E-state index is 0.472. The smallest absolute Gasteiger partial charge is 0.0917 e. The van der Waals surface area contributed by atoms with Crippen molar-refractivity contribution in [2.45, 2.75) is 25.0 Å². The summed E-state index contributed by atoms with van der Waals surface area (Å²) in [5.41, 5.74) is 7.36. The van der Waals surface area contributed by atoms with Crippen LogP contribution >= 0.6 is 0 Å². The highest BCUT2D eigenvalue weighted by Crippen LogP contribution is 2.20. The normalized spacial score (nSPS) is 22.6. The summed E-state index contributed by atoms with van der Waals surface area (Å²) in [4.78, 5) is 4.63. The standard InChI is InChI=1S/C15H25N3O/c1-17-8-4-7-14(10-17)18(2)11-15(19)12-5-3-6-13(16)9-12/h3,5-6,9,14-15,19H,4,7-8,10-11,16H2,1-2H3. The van der Waals surface area contributed by atoms with Gasteiger partial charge in [-0.15, -0.1) is 0 Å². The zero-order chi connectivity index (χ0) is 13.8. The van der Waals surface area contributed by atoms with Gasteiger partial charge in [0.1, 0.15) is 0 Å². The molecule has 1 aliphatic rings. The largest absolute Gasteiger partial charge is 0.399 e. The second kappa shape index (κ2) is 6.37. The summed E-state index contributed by atoms with van der Waals surface area (Å²) in [6, 6.07) is 8.06. The summed E-state index contributed by atoms with van der Waals surface area (Å²) < 4.78 is 0. The van der Waals surface area contributed by atoms with E-state index in [1.807, 2.05) is 24.3 Å². The summed E-state index contributed by atoms with van der Waals surface area (Å²) in [7, 11) is 4.26. The van der Waals surface area contributed by atoms with Gasteiger partial charge in [0.05, 0.1) is 6.10 Å². The van der Waals surface area contributed by atoms with E-state index in [4.69, 9.17) is 5.73 Å². The van der Waals surface area contributed by atoms with Crippen LogP contribution in [0.25, 0.3) is 0 Å². The summed E-state index contributed by atoms with van der Waals surface area (Å²) in [5.74, 6) is 0. The molecule has 4 heteroatoms. The van der Waals surface area contributed by atoms with Crippen LogP contribution in [-0.4, -0.2) is 54.7 Å². The van der Waals surface area contributed by atoms with E-state index in [0.717, 1.165) is 12.1 Å². The molecule has 2 atom stereocenters. The molecule has 1 heterocycles. The Morgan fingerprint density at radius 2 is 2.32 bits per heavy atom. The molecule has 0 bridgehead atoms. The first kappa shape index (κ1) is 14.3. The molecule has 3 N–H and O–H groups in total. The van der Waals surface area contributed by atoms with Gasteiger partial charge >= 0.3 is 0 Å². The van der Waals surface area contributed by atoms with E-state index in [2.05, 4.69) is 23.9 Å². The predicted octanol–water partition coefficient (Wildman–Crippen LogP) is 1.33. The van der Waals surface area contributed by atoms with Gasteiger partial charge in [-0.05, 0) is 51.2 Å². The van der Waals surface area contributed by atoms with Crippen LogP contribution in [0.1, 0.15) is 24.5 Å². The van der Waals surface area contributed by atoms with Gasteiger partial charge in [-0.2, -0.15) is 0 Å². The van der Waals surface area contributed by atoms with Crippen molar-refractivity contribution in [2.75, 3.05) is 39.5 Å². The number of hydrogen-bond acceptors (Lipinski definition) is 4. The van der Waals surface area contributed by atoms with Crippen molar-refractivity contribution >= 4 is 5.69 Å². The topological polar surface area (TPSA) is 52.7 Å². The van der Waals surface area contributed by atoms with Crippen molar-refractivity contribution in [3.8, 4) is 0 Å². The van der Waals surface area contributed by atoms with Gasteiger partial charge in [-0.3, -0.25) is 4.90 Å². The van der Waals surface area contributed by atoms with Crippen LogP contribution in [0, 0.1) is 0 Å². The molecule has 1 aliphatic heterocycles. The molecule has 2 unspecified atom stereocenters. The van der Waals surface area contributed by atoms with Crippen LogP contribution in [0.2, 0.25) is 0 Å². The SMILES string of the molecule is CN1CCCC(N(C)CC(O)c2cccc(N)c2)C1. The molecule has 1 saturated heterocycles. The van der Waals surface area contributed by atoms with Gasteiger partial charge in [-0.25, -0.2) is 0 Å². The number of piperidine rings is 1. The molecule has 0 aromatic heterocycles. The van der Waals surface area contributed by atoms with E-state index in [9.17, 15) is 5.11 Å². The van der Waals surface area contributed by atoms with Crippen LogP contribution in [0.3, 0.4) is 0 Å². The van der Waals surface area contributed by atoms with Gasteiger partial charge in [0.2, 0.25) is 0 Å². The molecule has 2 rings (SSSR count). The molecule has 19 heavy (non-hydrogen) atoms. The highest BCUT2D eigenvalue weighted by Gasteiger charge is 2.23. The molecular formula is C15H25N3O. The summed E-state index contributed by atoms with van der Waals surface area (Å²) in [6.07, 6.45) is 1.98. The Kier molecular flexibility index (Phi) is 4.80. The van der Waals surface area contributed by atoms with Gasteiger partial charge in [0, 0.05) is 24.8 Å². The maximum atomic E-state index is 10.3. The predicted molar refractivity (Wildman–Crippen MR) is 79.0 cm³/mol. The zero-order valence-electron chi connectivity index (χ0n) is 11.9. The average Bonchev–Trinajstić information content (AvgIpc) is 2.38. The molecule has 0 spiro atoms. The third-order valence-corrected chi connectivity index (χ3v) is 3.98. The lowest BCUT2D eigenvalue weighted by atomic mass is 10.0. The van der Waals surface area contributed by atoms with Crippen LogP contribution in [-0.2, 0) is 0 Å². The Balaban J connectivity index is 1.92. The van der Waals surface area contributed by atoms with Crippen LogP contribution in [0.15, 0.2) is 24.3 Å². The number of hydrogen-bond donors (Lipinski definition) is 2. The average molecular weight is 263 g/mol. The highest BCUT2D eigenvalue weighted by atomic mass is 16.3. The fourth-order valence-corrected chi connectivity index (χ4v) is 2.79. The zero-order valence-corrected chi connectivity index (χ0v) is 11.9. The molecule has 0 radical (unpaired) electrons. The minimum Gasteiger partial charge on any atom is -0.399 e. The third-order valence-electron chi connectivity index (χ3n) is 3.98. The molecule has 4 nitrogen and oxygen atoms in total. The van der Waals surface area contributed by atoms with Gasteiger partial charge in [0.15, 0.2) is 0 Å². The van der Waals surface area contributed by atoms with Gasteiger partial charge < -0.3 is 15.7 Å². The second-order valence-corrected chi connectivity index (χ2v) is 5.68. The van der Waals surface area contributed by atoms with E-state index in [1.165, 1.54) is 19.4 Å². The van der Waals surface area contributed by atoms with Crippen molar-refractivity contribution in [3.63, 3.8) is 0 Å². The maximum absolute atomic E-state index is 10.3. The maximum Gasteiger partial charge on any atom is 0.0917 e. The number of aliphatic hydroxyl groups is 1. The second-order valence-electron chi connectivity index (χ2n) is 5.68. The van der Waals surface area contributed by atoms with Crippen molar-refractivity contribution in [1.82, 2.24) is 9.80 Å². The molecule has 0 saturated carbocycles. The van der Waals surface area contributed by atoms with Crippen molar-refractivity contribution in [3.05, 3.63) is 29.8 Å². The van der Waals surface area contributed by atoms with Gasteiger partial charge in [0.25, 0.3) is 0 Å². The molecule has 1 fully saturated rings. The first-order chi connectivity index (χ1) is 9.06. The Hall–Kier alpha value is -1.10. The Bertz CT molecular complexity index is 410. The fourth-order valence-electron chi connectivity index (χ4n) is 2.79. The Morgan fingerprint density at radius 1 is 1.53 bits per heavy atom. The first-order valence-corrected chi connectivity index (χ1v) is 6.98. The molecular weight excluding hydrogens is 238 g/mol. The lowest BCUT2D eigenvalue weighted by Gasteiger charge is -2.36. The highest BCUT2D eigenvalue weighted by molar-refractivity contribution is 5.41. The van der Waals surface area contributed by atoms with E-state index in [0.29, 0.717) is 18.3 Å². The number of anilines is 1. The third kappa shape index (κ3) is 3.93. The minimum atomic E-state index is -0.472. The molecule has 106 valence electrons. The molecule has 1 aromatic carbocycles. The van der Waals surface area contributed by atoms with E-state index in [1.54, 1.807) is 0 Å². The quantitative estimate of drug-likeness (QED) is 0.805. The summed E-state index contributed by atoms with van der Waals surface area (Å²) >= 11 is 0. The fraction of sp³-hybridized carbons (Fsp3) is 0.600. The number of benzene rings is 1. The van der Waals surface area contributed by atoms with E-state index in [-0.39, 0.29) is 0 Å². The molecule has 0 amide bonds. The number of likely N-dealkylation sites (N-methyl/N-ethyl adjacent to an activating group) is 2. The van der Waals surface area contributed by atoms with E-state index >= 15 is 0 Å². The molecule has 0 aliphatic carbocycles. The van der Waals surface area contributed by atoms with Crippen LogP contribution in [0.4, 0.5) is 5.69 Å². The molecule has 1 aromatic rings. The number of likely N-dealkylation sites (tertiary alicyclic amines) is 1.